The summed E-state index contributed by atoms with van der Waals surface area (Å²) in [6.07, 6.45) is 0. The second-order valence-electron chi connectivity index (χ2n) is 9.45. The standard InChI is InChI=1S/C30H34N4O4/c1-37-27-13-7-5-11-25(27)31-15-19-33(20-16-31)29(35)23-9-3-4-10-24(23)30(36)34-21-17-32(18-22-34)26-12-6-8-14-28(26)38-2/h3-14H,15-22H2,1-2H3. The van der Waals surface area contributed by atoms with Crippen molar-refractivity contribution in [2.24, 2.45) is 0 Å². The average Bonchev–Trinajstić information content (AvgIpc) is 3.00. The molecule has 0 N–H and O–H groups in total. The second kappa shape index (κ2) is 11.5. The van der Waals surface area contributed by atoms with E-state index in [4.69, 9.17) is 9.47 Å². The number of carbonyl (C=O) groups is 2. The zero-order valence-corrected chi connectivity index (χ0v) is 22.0. The van der Waals surface area contributed by atoms with Crippen LogP contribution in [0.2, 0.25) is 0 Å². The zero-order valence-electron chi connectivity index (χ0n) is 22.0. The minimum absolute atomic E-state index is 0.0960. The van der Waals surface area contributed by atoms with E-state index in [2.05, 4.69) is 9.80 Å². The van der Waals surface area contributed by atoms with Gasteiger partial charge in [0.05, 0.1) is 36.7 Å². The van der Waals surface area contributed by atoms with E-state index in [1.807, 2.05) is 70.5 Å². The highest BCUT2D eigenvalue weighted by molar-refractivity contribution is 6.07. The smallest absolute Gasteiger partial charge is 0.254 e. The number of nitrogens with zero attached hydrogens (tertiary/aromatic N) is 4. The Kier molecular flexibility index (Phi) is 7.67. The predicted octanol–water partition coefficient (Wildman–Crippen LogP) is 3.63. The van der Waals surface area contributed by atoms with Crippen LogP contribution in [0.15, 0.2) is 72.8 Å². The Balaban J connectivity index is 1.24. The van der Waals surface area contributed by atoms with E-state index in [1.165, 1.54) is 0 Å². The maximum atomic E-state index is 13.6. The van der Waals surface area contributed by atoms with E-state index in [9.17, 15) is 9.59 Å². The summed E-state index contributed by atoms with van der Waals surface area (Å²) in [6.45, 7) is 5.13. The molecule has 8 nitrogen and oxygen atoms in total. The largest absolute Gasteiger partial charge is 0.495 e. The van der Waals surface area contributed by atoms with Crippen molar-refractivity contribution in [3.8, 4) is 11.5 Å². The number of piperazine rings is 2. The molecule has 3 aromatic rings. The van der Waals surface area contributed by atoms with Crippen molar-refractivity contribution in [1.29, 1.82) is 0 Å². The van der Waals surface area contributed by atoms with Gasteiger partial charge in [0, 0.05) is 52.4 Å². The maximum absolute atomic E-state index is 13.6. The molecular weight excluding hydrogens is 480 g/mol. The van der Waals surface area contributed by atoms with Crippen molar-refractivity contribution in [1.82, 2.24) is 9.80 Å². The van der Waals surface area contributed by atoms with E-state index in [1.54, 1.807) is 26.4 Å². The van der Waals surface area contributed by atoms with E-state index < -0.39 is 0 Å². The van der Waals surface area contributed by atoms with E-state index in [-0.39, 0.29) is 11.8 Å². The molecule has 2 heterocycles. The Morgan fingerprint density at radius 3 is 1.24 bits per heavy atom. The normalized spacial score (nSPS) is 15.8. The summed E-state index contributed by atoms with van der Waals surface area (Å²) in [5.74, 6) is 1.46. The number of amides is 2. The Bertz CT molecular complexity index is 1180. The maximum Gasteiger partial charge on any atom is 0.254 e. The molecule has 5 rings (SSSR count). The Hall–Kier alpha value is -4.20. The first kappa shape index (κ1) is 25.4. The van der Waals surface area contributed by atoms with Gasteiger partial charge < -0.3 is 29.1 Å². The number of hydrogen-bond acceptors (Lipinski definition) is 6. The van der Waals surface area contributed by atoms with Gasteiger partial charge in [0.25, 0.3) is 11.8 Å². The number of ether oxygens (including phenoxy) is 2. The minimum atomic E-state index is -0.0960. The number of methoxy groups -OCH3 is 2. The molecule has 198 valence electrons. The Labute approximate surface area is 224 Å². The topological polar surface area (TPSA) is 65.6 Å². The Morgan fingerprint density at radius 2 is 0.868 bits per heavy atom. The van der Waals surface area contributed by atoms with Crippen molar-refractivity contribution in [3.63, 3.8) is 0 Å². The third kappa shape index (κ3) is 5.11. The van der Waals surface area contributed by atoms with Gasteiger partial charge in [0.2, 0.25) is 0 Å². The van der Waals surface area contributed by atoms with Gasteiger partial charge in [-0.1, -0.05) is 36.4 Å². The molecule has 3 aromatic carbocycles. The fourth-order valence-electron chi connectivity index (χ4n) is 5.28. The molecule has 0 radical (unpaired) electrons. The first-order valence-corrected chi connectivity index (χ1v) is 13.0. The molecule has 0 aromatic heterocycles. The highest BCUT2D eigenvalue weighted by Crippen LogP contribution is 2.30. The lowest BCUT2D eigenvalue weighted by Gasteiger charge is -2.38. The van der Waals surface area contributed by atoms with Gasteiger partial charge in [-0.05, 0) is 36.4 Å². The van der Waals surface area contributed by atoms with Gasteiger partial charge in [0.1, 0.15) is 11.5 Å². The molecule has 0 bridgehead atoms. The summed E-state index contributed by atoms with van der Waals surface area (Å²) in [4.78, 5) is 35.3. The number of para-hydroxylation sites is 4. The fraction of sp³-hybridized carbons (Fsp3) is 0.333. The summed E-state index contributed by atoms with van der Waals surface area (Å²) in [6, 6.07) is 23.1. The van der Waals surface area contributed by atoms with E-state index in [0.29, 0.717) is 63.5 Å². The summed E-state index contributed by atoms with van der Waals surface area (Å²) >= 11 is 0. The van der Waals surface area contributed by atoms with Crippen LogP contribution in [0.3, 0.4) is 0 Å². The van der Waals surface area contributed by atoms with Crippen LogP contribution in [0.5, 0.6) is 11.5 Å². The number of benzene rings is 3. The number of hydrogen-bond donors (Lipinski definition) is 0. The van der Waals surface area contributed by atoms with Crippen molar-refractivity contribution >= 4 is 23.2 Å². The number of rotatable bonds is 6. The van der Waals surface area contributed by atoms with Gasteiger partial charge in [-0.3, -0.25) is 9.59 Å². The van der Waals surface area contributed by atoms with Crippen LogP contribution in [-0.4, -0.2) is 88.2 Å². The number of anilines is 2. The van der Waals surface area contributed by atoms with Gasteiger partial charge in [-0.15, -0.1) is 0 Å². The molecule has 0 spiro atoms. The van der Waals surface area contributed by atoms with Crippen molar-refractivity contribution < 1.29 is 19.1 Å². The van der Waals surface area contributed by atoms with Crippen LogP contribution in [-0.2, 0) is 0 Å². The summed E-state index contributed by atoms with van der Waals surface area (Å²) in [5, 5.41) is 0. The molecule has 2 fully saturated rings. The molecule has 8 heteroatoms. The number of carbonyl (C=O) groups excluding carboxylic acids is 2. The fourth-order valence-corrected chi connectivity index (χ4v) is 5.28. The lowest BCUT2D eigenvalue weighted by Crippen LogP contribution is -2.50. The molecule has 2 aliphatic heterocycles. The third-order valence-electron chi connectivity index (χ3n) is 7.37. The van der Waals surface area contributed by atoms with Crippen LogP contribution in [0.25, 0.3) is 0 Å². The first-order valence-electron chi connectivity index (χ1n) is 13.0. The average molecular weight is 515 g/mol. The molecule has 0 unspecified atom stereocenters. The van der Waals surface area contributed by atoms with Crippen molar-refractivity contribution in [2.75, 3.05) is 76.4 Å². The summed E-state index contributed by atoms with van der Waals surface area (Å²) < 4.78 is 11.0. The molecule has 2 saturated heterocycles. The van der Waals surface area contributed by atoms with Gasteiger partial charge in [-0.2, -0.15) is 0 Å². The minimum Gasteiger partial charge on any atom is -0.495 e. The molecule has 2 amide bonds. The second-order valence-corrected chi connectivity index (χ2v) is 9.45. The highest BCUT2D eigenvalue weighted by atomic mass is 16.5. The van der Waals surface area contributed by atoms with Crippen molar-refractivity contribution in [3.05, 3.63) is 83.9 Å². The molecule has 0 saturated carbocycles. The van der Waals surface area contributed by atoms with Gasteiger partial charge in [-0.25, -0.2) is 0 Å². The Morgan fingerprint density at radius 1 is 0.526 bits per heavy atom. The van der Waals surface area contributed by atoms with Crippen molar-refractivity contribution in [2.45, 2.75) is 0 Å². The highest BCUT2D eigenvalue weighted by Gasteiger charge is 2.29. The SMILES string of the molecule is COc1ccccc1N1CCN(C(=O)c2ccccc2C(=O)N2CCN(c3ccccc3OC)CC2)CC1. The van der Waals surface area contributed by atoms with Crippen LogP contribution in [0, 0.1) is 0 Å². The molecule has 38 heavy (non-hydrogen) atoms. The van der Waals surface area contributed by atoms with Gasteiger partial charge in [0.15, 0.2) is 0 Å². The monoisotopic (exact) mass is 514 g/mol. The van der Waals surface area contributed by atoms with E-state index in [0.717, 1.165) is 22.9 Å². The molecule has 0 atom stereocenters. The first-order chi connectivity index (χ1) is 18.6. The van der Waals surface area contributed by atoms with Crippen LogP contribution < -0.4 is 19.3 Å². The van der Waals surface area contributed by atoms with Crippen LogP contribution in [0.1, 0.15) is 20.7 Å². The lowest BCUT2D eigenvalue weighted by atomic mass is 10.0. The van der Waals surface area contributed by atoms with Crippen LogP contribution >= 0.6 is 0 Å². The van der Waals surface area contributed by atoms with E-state index >= 15 is 0 Å². The summed E-state index contributed by atoms with van der Waals surface area (Å²) in [5.41, 5.74) is 3.00. The molecule has 0 aliphatic carbocycles. The van der Waals surface area contributed by atoms with Gasteiger partial charge >= 0.3 is 0 Å². The lowest BCUT2D eigenvalue weighted by molar-refractivity contribution is 0.0707. The quantitative estimate of drug-likeness (QED) is 0.501. The third-order valence-corrected chi connectivity index (χ3v) is 7.37. The predicted molar refractivity (Wildman–Crippen MR) is 149 cm³/mol. The summed E-state index contributed by atoms with van der Waals surface area (Å²) in [7, 11) is 3.34. The molecular formula is C30H34N4O4. The zero-order chi connectivity index (χ0) is 26.5. The molecule has 2 aliphatic rings. The van der Waals surface area contributed by atoms with Crippen LogP contribution in [0.4, 0.5) is 11.4 Å².